The van der Waals surface area contributed by atoms with Gasteiger partial charge in [-0.2, -0.15) is 13.2 Å². The largest absolute Gasteiger partial charge is 0.478 e. The van der Waals surface area contributed by atoms with Crippen LogP contribution >= 0.6 is 11.6 Å². The molecule has 3 N–H and O–H groups in total. The van der Waals surface area contributed by atoms with Crippen molar-refractivity contribution in [3.8, 4) is 0 Å². The second-order valence-electron chi connectivity index (χ2n) is 6.65. The van der Waals surface area contributed by atoms with E-state index in [1.807, 2.05) is 0 Å². The quantitative estimate of drug-likeness (QED) is 0.307. The minimum absolute atomic E-state index is 0.412. The molecule has 33 heavy (non-hydrogen) atoms. The minimum atomic E-state index is -4.91. The maximum atomic E-state index is 14.6. The van der Waals surface area contributed by atoms with Crippen LogP contribution in [-0.2, 0) is 6.18 Å². The van der Waals surface area contributed by atoms with Gasteiger partial charge < -0.3 is 10.4 Å². The van der Waals surface area contributed by atoms with Gasteiger partial charge >= 0.3 is 12.1 Å². The van der Waals surface area contributed by atoms with E-state index in [1.54, 1.807) is 0 Å². The Balaban J connectivity index is 2.06. The van der Waals surface area contributed by atoms with Crippen molar-refractivity contribution >= 4 is 34.9 Å². The first-order valence-electron chi connectivity index (χ1n) is 8.99. The van der Waals surface area contributed by atoms with Crippen LogP contribution in [0, 0.1) is 17.0 Å². The Morgan fingerprint density at radius 3 is 2.21 bits per heavy atom. The molecule has 3 aromatic carbocycles. The number of benzene rings is 3. The number of aromatic carboxylic acids is 1. The van der Waals surface area contributed by atoms with Crippen molar-refractivity contribution in [2.75, 3.05) is 5.32 Å². The molecule has 1 amide bonds. The van der Waals surface area contributed by atoms with Gasteiger partial charge in [0.25, 0.3) is 5.91 Å². The molecule has 0 spiro atoms. The number of carboxylic acids is 1. The Labute approximate surface area is 187 Å². The molecule has 0 heterocycles. The molecule has 0 bridgehead atoms. The van der Waals surface area contributed by atoms with Crippen molar-refractivity contribution in [1.82, 2.24) is 0 Å². The Morgan fingerprint density at radius 1 is 0.939 bits per heavy atom. The molecule has 0 aliphatic heterocycles. The zero-order valence-electron chi connectivity index (χ0n) is 16.2. The highest BCUT2D eigenvalue weighted by Gasteiger charge is 2.36. The topological polar surface area (TPSA) is 90.2 Å². The number of hydrogen-bond acceptors (Lipinski definition) is 3. The van der Waals surface area contributed by atoms with Gasteiger partial charge in [-0.05, 0) is 42.5 Å². The predicted molar refractivity (Wildman–Crippen MR) is 110 cm³/mol. The summed E-state index contributed by atoms with van der Waals surface area (Å²) in [5.41, 5.74) is -4.94. The van der Waals surface area contributed by atoms with Gasteiger partial charge in [0.05, 0.1) is 38.7 Å². The molecule has 0 saturated carbocycles. The third kappa shape index (κ3) is 4.85. The number of alkyl halides is 3. The van der Waals surface area contributed by atoms with E-state index in [4.69, 9.17) is 22.1 Å². The fraction of sp³-hybridized carbons (Fsp3) is 0.0455. The van der Waals surface area contributed by atoms with Crippen LogP contribution in [0.3, 0.4) is 0 Å². The summed E-state index contributed by atoms with van der Waals surface area (Å²) in [4.78, 5) is 23.7. The Bertz CT molecular complexity index is 1290. The molecule has 0 unspecified atom stereocenters. The van der Waals surface area contributed by atoms with E-state index in [2.05, 4.69) is 5.32 Å². The van der Waals surface area contributed by atoms with Crippen LogP contribution in [0.2, 0.25) is 5.02 Å². The summed E-state index contributed by atoms with van der Waals surface area (Å²) in [6.07, 6.45) is -4.91. The van der Waals surface area contributed by atoms with E-state index in [-0.39, 0.29) is 0 Å². The lowest BCUT2D eigenvalue weighted by Crippen LogP contribution is -2.21. The third-order valence-electron chi connectivity index (χ3n) is 4.54. The number of carboxylic acid groups (broad SMARTS) is 1. The van der Waals surface area contributed by atoms with Crippen LogP contribution in [0.1, 0.15) is 37.4 Å². The smallest absolute Gasteiger partial charge is 0.417 e. The molecule has 0 aliphatic carbocycles. The summed E-state index contributed by atoms with van der Waals surface area (Å²) in [6, 6.07) is 8.43. The van der Waals surface area contributed by atoms with Gasteiger partial charge in [-0.25, -0.2) is 13.6 Å². The van der Waals surface area contributed by atoms with E-state index < -0.39 is 73.9 Å². The molecule has 11 heteroatoms. The Morgan fingerprint density at radius 2 is 1.61 bits per heavy atom. The molecule has 0 saturated heterocycles. The minimum Gasteiger partial charge on any atom is -0.478 e. The van der Waals surface area contributed by atoms with E-state index in [0.29, 0.717) is 12.1 Å². The summed E-state index contributed by atoms with van der Waals surface area (Å²) in [5.74, 6) is -4.97. The molecule has 5 nitrogen and oxygen atoms in total. The summed E-state index contributed by atoms with van der Waals surface area (Å²) >= 11 is 5.81. The zero-order valence-corrected chi connectivity index (χ0v) is 17.0. The lowest BCUT2D eigenvalue weighted by molar-refractivity contribution is -0.137. The molecular weight excluding hydrogens is 471 g/mol. The van der Waals surface area contributed by atoms with Gasteiger partial charge in [0.15, 0.2) is 0 Å². The van der Waals surface area contributed by atoms with Gasteiger partial charge in [0.2, 0.25) is 0 Å². The zero-order chi connectivity index (χ0) is 24.5. The molecule has 3 rings (SSSR count). The molecule has 3 aromatic rings. The van der Waals surface area contributed by atoms with Gasteiger partial charge in [0.1, 0.15) is 11.6 Å². The average molecular weight is 483 g/mol. The summed E-state index contributed by atoms with van der Waals surface area (Å²) in [6.45, 7) is 0. The maximum absolute atomic E-state index is 14.6. The van der Waals surface area contributed by atoms with Gasteiger partial charge in [0, 0.05) is 5.56 Å². The molecular formula is C22H12ClF5N2O3. The molecule has 0 radical (unpaired) electrons. The number of anilines is 1. The highest BCUT2D eigenvalue weighted by molar-refractivity contribution is 6.34. The lowest BCUT2D eigenvalue weighted by Gasteiger charge is -2.17. The van der Waals surface area contributed by atoms with Crippen molar-refractivity contribution in [3.05, 3.63) is 99.1 Å². The monoisotopic (exact) mass is 482 g/mol. The van der Waals surface area contributed by atoms with Gasteiger partial charge in [-0.15, -0.1) is 0 Å². The number of carbonyl (C=O) groups is 2. The van der Waals surface area contributed by atoms with Crippen molar-refractivity contribution in [3.63, 3.8) is 0 Å². The number of halogens is 6. The Kier molecular flexibility index (Phi) is 6.50. The van der Waals surface area contributed by atoms with Gasteiger partial charge in [-0.3, -0.25) is 10.2 Å². The number of carbonyl (C=O) groups excluding carboxylic acids is 1. The predicted octanol–water partition coefficient (Wildman–Crippen LogP) is 6.00. The first kappa shape index (κ1) is 23.9. The van der Waals surface area contributed by atoms with Crippen molar-refractivity contribution in [1.29, 1.82) is 5.41 Å². The fourth-order valence-electron chi connectivity index (χ4n) is 3.04. The van der Waals surface area contributed by atoms with Crippen LogP contribution in [0.5, 0.6) is 0 Å². The normalized spacial score (nSPS) is 11.2. The van der Waals surface area contributed by atoms with Crippen molar-refractivity contribution in [2.45, 2.75) is 6.18 Å². The van der Waals surface area contributed by atoms with Crippen LogP contribution in [-0.4, -0.2) is 22.7 Å². The summed E-state index contributed by atoms with van der Waals surface area (Å²) in [5, 5.41) is 18.7. The highest BCUT2D eigenvalue weighted by atomic mass is 35.5. The lowest BCUT2D eigenvalue weighted by atomic mass is 9.98. The molecule has 0 atom stereocenters. The second-order valence-corrected chi connectivity index (χ2v) is 7.06. The highest BCUT2D eigenvalue weighted by Crippen LogP contribution is 2.35. The number of nitrogens with one attached hydrogen (secondary N) is 2. The van der Waals surface area contributed by atoms with Crippen LogP contribution in [0.25, 0.3) is 0 Å². The molecule has 0 fully saturated rings. The Hall–Kier alpha value is -3.79. The molecule has 0 aromatic heterocycles. The van der Waals surface area contributed by atoms with Crippen molar-refractivity contribution in [2.24, 2.45) is 0 Å². The summed E-state index contributed by atoms with van der Waals surface area (Å²) < 4.78 is 69.0. The van der Waals surface area contributed by atoms with Gasteiger partial charge in [-0.1, -0.05) is 23.7 Å². The van der Waals surface area contributed by atoms with E-state index >= 15 is 0 Å². The number of hydrogen-bond donors (Lipinski definition) is 3. The summed E-state index contributed by atoms with van der Waals surface area (Å²) in [7, 11) is 0. The molecule has 170 valence electrons. The van der Waals surface area contributed by atoms with E-state index in [0.717, 1.165) is 42.5 Å². The maximum Gasteiger partial charge on any atom is 0.417 e. The standard InChI is InChI=1S/C22H12ClF5N2O3/c23-13-4-1-3-12(22(26,27)28)17(13)20(31)30-16-6-2-5-14(24)18(16)19(29)11-8-7-10(21(32)33)9-15(11)25/h1-9,29H,(H,30,31)(H,32,33). The SMILES string of the molecule is N=C(c1ccc(C(=O)O)cc1F)c1c(F)cccc1NC(=O)c1c(Cl)cccc1C(F)(F)F. The van der Waals surface area contributed by atoms with Crippen molar-refractivity contribution < 1.29 is 36.6 Å². The first-order valence-corrected chi connectivity index (χ1v) is 9.37. The fourth-order valence-corrected chi connectivity index (χ4v) is 3.30. The van der Waals surface area contributed by atoms with E-state index in [1.165, 1.54) is 0 Å². The molecule has 0 aliphatic rings. The van der Waals surface area contributed by atoms with Crippen LogP contribution in [0.4, 0.5) is 27.6 Å². The number of rotatable bonds is 5. The second kappa shape index (κ2) is 8.99. The third-order valence-corrected chi connectivity index (χ3v) is 4.86. The van der Waals surface area contributed by atoms with Crippen LogP contribution in [0.15, 0.2) is 54.6 Å². The average Bonchev–Trinajstić information content (AvgIpc) is 2.72. The van der Waals surface area contributed by atoms with Crippen LogP contribution < -0.4 is 5.32 Å². The first-order chi connectivity index (χ1) is 15.4. The number of amides is 1. The van der Waals surface area contributed by atoms with E-state index in [9.17, 15) is 31.5 Å².